The van der Waals surface area contributed by atoms with Crippen molar-refractivity contribution in [1.82, 2.24) is 0 Å². The number of ether oxygens (including phenoxy) is 1. The monoisotopic (exact) mass is 591 g/mol. The number of alkyl halides is 3. The zero-order valence-electron chi connectivity index (χ0n) is 24.8. The Bertz CT molecular complexity index is 1350. The maximum Gasteiger partial charge on any atom is 0.416 e. The van der Waals surface area contributed by atoms with E-state index in [1.807, 2.05) is 24.3 Å². The van der Waals surface area contributed by atoms with Gasteiger partial charge in [0.15, 0.2) is 0 Å². The normalized spacial score (nSPS) is 25.7. The first-order valence-corrected chi connectivity index (χ1v) is 15.7. The molecule has 3 aliphatic rings. The van der Waals surface area contributed by atoms with Crippen LogP contribution in [0.2, 0.25) is 0 Å². The van der Waals surface area contributed by atoms with Crippen molar-refractivity contribution >= 4 is 11.7 Å². The Labute approximate surface area is 252 Å². The maximum atomic E-state index is 13.8. The Kier molecular flexibility index (Phi) is 9.35. The van der Waals surface area contributed by atoms with Crippen molar-refractivity contribution in [3.05, 3.63) is 65.2 Å². The summed E-state index contributed by atoms with van der Waals surface area (Å²) in [7, 11) is 0. The van der Waals surface area contributed by atoms with Crippen LogP contribution in [-0.4, -0.2) is 25.2 Å². The van der Waals surface area contributed by atoms with Crippen LogP contribution in [0.1, 0.15) is 87.8 Å². The molecule has 2 aromatic carbocycles. The lowest BCUT2D eigenvalue weighted by Gasteiger charge is -2.45. The van der Waals surface area contributed by atoms with E-state index in [4.69, 9.17) is 10.00 Å². The molecule has 0 radical (unpaired) electrons. The highest BCUT2D eigenvalue weighted by atomic mass is 19.4. The molecule has 0 amide bonds. The lowest BCUT2D eigenvalue weighted by molar-refractivity contribution is -0.149. The average Bonchev–Trinajstić information content (AvgIpc) is 3.43. The molecule has 1 saturated heterocycles. The summed E-state index contributed by atoms with van der Waals surface area (Å²) in [5.41, 5.74) is 0.366. The number of hydrogen-bond acceptors (Lipinski definition) is 5. The van der Waals surface area contributed by atoms with E-state index in [9.17, 15) is 23.2 Å². The number of hydrogen-bond donors (Lipinski definition) is 0. The summed E-state index contributed by atoms with van der Waals surface area (Å²) in [4.78, 5) is 14.3. The molecule has 3 atom stereocenters. The largest absolute Gasteiger partial charge is 0.462 e. The highest BCUT2D eigenvalue weighted by molar-refractivity contribution is 5.66. The van der Waals surface area contributed by atoms with Gasteiger partial charge >= 0.3 is 12.1 Å². The third-order valence-electron chi connectivity index (χ3n) is 10.2. The van der Waals surface area contributed by atoms with Crippen LogP contribution < -0.4 is 4.90 Å². The third-order valence-corrected chi connectivity index (χ3v) is 10.2. The van der Waals surface area contributed by atoms with Crippen molar-refractivity contribution in [1.29, 1.82) is 10.5 Å². The van der Waals surface area contributed by atoms with Gasteiger partial charge in [-0.05, 0) is 92.2 Å². The van der Waals surface area contributed by atoms with Crippen LogP contribution in [0.25, 0.3) is 0 Å². The predicted octanol–water partition coefficient (Wildman–Crippen LogP) is 8.18. The summed E-state index contributed by atoms with van der Waals surface area (Å²) >= 11 is 0. The quantitative estimate of drug-likeness (QED) is 0.275. The van der Waals surface area contributed by atoms with E-state index in [-0.39, 0.29) is 11.8 Å². The lowest BCUT2D eigenvalue weighted by atomic mass is 9.57. The van der Waals surface area contributed by atoms with Crippen LogP contribution in [0.15, 0.2) is 48.5 Å². The van der Waals surface area contributed by atoms with Crippen molar-refractivity contribution in [3.63, 3.8) is 0 Å². The average molecular weight is 592 g/mol. The van der Waals surface area contributed by atoms with Crippen LogP contribution in [0.5, 0.6) is 0 Å². The van der Waals surface area contributed by atoms with Gasteiger partial charge in [-0.1, -0.05) is 43.9 Å². The Morgan fingerprint density at radius 3 is 2.23 bits per heavy atom. The number of carbonyl (C=O) groups is 1. The highest BCUT2D eigenvalue weighted by Crippen LogP contribution is 2.53. The van der Waals surface area contributed by atoms with Gasteiger partial charge in [-0.2, -0.15) is 23.7 Å². The molecule has 228 valence electrons. The van der Waals surface area contributed by atoms with Gasteiger partial charge in [0, 0.05) is 31.6 Å². The summed E-state index contributed by atoms with van der Waals surface area (Å²) in [6, 6.07) is 17.8. The molecular formula is C35H40F3N3O2. The molecular weight excluding hydrogens is 551 g/mol. The number of nitriles is 2. The second kappa shape index (κ2) is 13.0. The number of nitrogens with zero attached hydrogens (tertiary/aromatic N) is 3. The molecule has 2 saturated carbocycles. The number of anilines is 1. The van der Waals surface area contributed by atoms with Gasteiger partial charge in [-0.3, -0.25) is 4.79 Å². The second-order valence-corrected chi connectivity index (χ2v) is 12.8. The molecule has 5 rings (SSSR count). The number of halogens is 3. The molecule has 3 fully saturated rings. The van der Waals surface area contributed by atoms with Gasteiger partial charge in [0.25, 0.3) is 0 Å². The van der Waals surface area contributed by atoms with Crippen molar-refractivity contribution in [2.75, 3.05) is 18.0 Å². The van der Waals surface area contributed by atoms with Gasteiger partial charge in [-0.15, -0.1) is 0 Å². The summed E-state index contributed by atoms with van der Waals surface area (Å²) in [5.74, 6) is 0.384. The maximum absolute atomic E-state index is 13.8. The zero-order chi connectivity index (χ0) is 30.6. The number of carbonyl (C=O) groups excluding carboxylic acids is 1. The standard InChI is InChI=1S/C35H40F3N3O2/c1-24(42)43-33-10-4-9-32(33)34(23-40,29-7-3-8-30(19-29)35(36,37)38)28-15-11-25(12-16-28)5-2-6-27-21-41(22-27)31-17-13-26(20-39)14-18-31/h3,7-8,13-14,17-19,25,27-28,32-33H,2,4-6,9-12,15-16,21-22H2,1H3/t25?,28?,32-,33-,34?/m0/s1. The van der Waals surface area contributed by atoms with Gasteiger partial charge in [0.1, 0.15) is 6.10 Å². The van der Waals surface area contributed by atoms with E-state index in [1.54, 1.807) is 6.07 Å². The first kappa shape index (κ1) is 30.9. The molecule has 1 heterocycles. The van der Waals surface area contributed by atoms with Crippen LogP contribution in [0, 0.1) is 46.3 Å². The van der Waals surface area contributed by atoms with E-state index in [0.717, 1.165) is 75.9 Å². The lowest BCUT2D eigenvalue weighted by Crippen LogP contribution is -2.47. The van der Waals surface area contributed by atoms with E-state index < -0.39 is 29.2 Å². The molecule has 0 N–H and O–H groups in total. The Hall–Kier alpha value is -3.52. The van der Waals surface area contributed by atoms with Crippen molar-refractivity contribution in [2.24, 2.45) is 23.7 Å². The minimum Gasteiger partial charge on any atom is -0.462 e. The molecule has 5 nitrogen and oxygen atoms in total. The molecule has 1 unspecified atom stereocenters. The van der Waals surface area contributed by atoms with Crippen molar-refractivity contribution in [2.45, 2.75) is 88.8 Å². The van der Waals surface area contributed by atoms with Crippen LogP contribution in [0.4, 0.5) is 18.9 Å². The molecule has 0 spiro atoms. The van der Waals surface area contributed by atoms with Crippen LogP contribution in [0.3, 0.4) is 0 Å². The summed E-state index contributed by atoms with van der Waals surface area (Å²) < 4.78 is 46.9. The van der Waals surface area contributed by atoms with E-state index >= 15 is 0 Å². The first-order chi connectivity index (χ1) is 20.6. The van der Waals surface area contributed by atoms with Crippen molar-refractivity contribution in [3.8, 4) is 12.1 Å². The minimum absolute atomic E-state index is 0.0917. The highest BCUT2D eigenvalue weighted by Gasteiger charge is 2.53. The minimum atomic E-state index is -4.50. The number of rotatable bonds is 9. The van der Waals surface area contributed by atoms with E-state index in [1.165, 1.54) is 19.4 Å². The smallest absolute Gasteiger partial charge is 0.416 e. The Morgan fingerprint density at radius 2 is 1.60 bits per heavy atom. The predicted molar refractivity (Wildman–Crippen MR) is 158 cm³/mol. The fourth-order valence-electron chi connectivity index (χ4n) is 8.06. The molecule has 1 aliphatic heterocycles. The fourth-order valence-corrected chi connectivity index (χ4v) is 8.06. The second-order valence-electron chi connectivity index (χ2n) is 12.8. The Morgan fingerprint density at radius 1 is 0.930 bits per heavy atom. The molecule has 0 aromatic heterocycles. The third kappa shape index (κ3) is 6.69. The topological polar surface area (TPSA) is 77.1 Å². The molecule has 2 aromatic rings. The van der Waals surface area contributed by atoms with E-state index in [2.05, 4.69) is 17.0 Å². The molecule has 43 heavy (non-hydrogen) atoms. The van der Waals surface area contributed by atoms with E-state index in [0.29, 0.717) is 35.8 Å². The molecule has 0 bridgehead atoms. The van der Waals surface area contributed by atoms with Gasteiger partial charge in [0.05, 0.1) is 28.7 Å². The van der Waals surface area contributed by atoms with Crippen molar-refractivity contribution < 1.29 is 22.7 Å². The van der Waals surface area contributed by atoms with Crippen LogP contribution >= 0.6 is 0 Å². The van der Waals surface area contributed by atoms with Gasteiger partial charge < -0.3 is 9.64 Å². The Balaban J connectivity index is 1.22. The summed E-state index contributed by atoms with van der Waals surface area (Å²) in [6.07, 6.45) is 4.04. The molecule has 8 heteroatoms. The summed E-state index contributed by atoms with van der Waals surface area (Å²) in [6.45, 7) is 3.42. The molecule has 2 aliphatic carbocycles. The SMILES string of the molecule is CC(=O)O[C@H]1CCC[C@@H]1C(C#N)(c1cccc(C(F)(F)F)c1)C1CCC(CCCC2CN(c3ccc(C#N)cc3)C2)CC1. The van der Waals surface area contributed by atoms with Gasteiger partial charge in [-0.25, -0.2) is 0 Å². The van der Waals surface area contributed by atoms with Gasteiger partial charge in [0.2, 0.25) is 0 Å². The summed E-state index contributed by atoms with van der Waals surface area (Å²) in [5, 5.41) is 19.8. The number of esters is 1. The fraction of sp³-hybridized carbons (Fsp3) is 0.571. The number of benzene rings is 2. The first-order valence-electron chi connectivity index (χ1n) is 15.7. The zero-order valence-corrected chi connectivity index (χ0v) is 24.8. The van der Waals surface area contributed by atoms with Crippen LogP contribution in [-0.2, 0) is 21.1 Å².